The number of hydrogen-bond acceptors (Lipinski definition) is 1. The van der Waals surface area contributed by atoms with Crippen molar-refractivity contribution in [2.45, 2.75) is 72.6 Å². The number of unbranched alkanes of at least 4 members (excludes halogenated alkanes) is 2. The van der Waals surface area contributed by atoms with E-state index in [1.165, 1.54) is 44.9 Å². The van der Waals surface area contributed by atoms with Gasteiger partial charge in [-0.1, -0.05) is 52.2 Å². The summed E-state index contributed by atoms with van der Waals surface area (Å²) in [5, 5.41) is 0. The molecule has 1 unspecified atom stereocenters. The first-order valence-electron chi connectivity index (χ1n) is 7.57. The molecular formula is C17H31N. The van der Waals surface area contributed by atoms with Crippen LogP contribution in [-0.2, 0) is 0 Å². The number of rotatable bonds is 6. The highest BCUT2D eigenvalue weighted by molar-refractivity contribution is 5.27. The van der Waals surface area contributed by atoms with Gasteiger partial charge in [0.05, 0.1) is 0 Å². The second kappa shape index (κ2) is 7.01. The molecule has 1 aliphatic rings. The van der Waals surface area contributed by atoms with Crippen LogP contribution in [0.2, 0.25) is 0 Å². The molecule has 1 aliphatic carbocycles. The van der Waals surface area contributed by atoms with E-state index in [4.69, 9.17) is 5.73 Å². The summed E-state index contributed by atoms with van der Waals surface area (Å²) in [7, 11) is 0. The molecule has 0 aromatic carbocycles. The summed E-state index contributed by atoms with van der Waals surface area (Å²) >= 11 is 0. The van der Waals surface area contributed by atoms with Crippen LogP contribution in [0.5, 0.6) is 0 Å². The van der Waals surface area contributed by atoms with E-state index in [1.807, 2.05) is 0 Å². The minimum atomic E-state index is 0.437. The maximum atomic E-state index is 6.04. The summed E-state index contributed by atoms with van der Waals surface area (Å²) in [4.78, 5) is 0. The summed E-state index contributed by atoms with van der Waals surface area (Å²) < 4.78 is 0. The van der Waals surface area contributed by atoms with E-state index in [9.17, 15) is 0 Å². The van der Waals surface area contributed by atoms with E-state index in [1.54, 1.807) is 5.57 Å². The predicted octanol–water partition coefficient (Wildman–Crippen LogP) is 5.18. The van der Waals surface area contributed by atoms with Gasteiger partial charge in [0.2, 0.25) is 0 Å². The van der Waals surface area contributed by atoms with Gasteiger partial charge in [0, 0.05) is 5.70 Å². The highest BCUT2D eigenvalue weighted by Crippen LogP contribution is 2.31. The molecule has 1 rings (SSSR count). The molecule has 1 heteroatoms. The maximum absolute atomic E-state index is 6.04. The van der Waals surface area contributed by atoms with Crippen LogP contribution in [0, 0.1) is 11.3 Å². The molecule has 0 saturated heterocycles. The molecule has 0 amide bonds. The Balaban J connectivity index is 2.43. The highest BCUT2D eigenvalue weighted by Gasteiger charge is 2.17. The standard InChI is InChI=1S/C17H31N/c1-5-6-7-8-14-11-15(13-16(18)12-14)9-10-17(2,3)4/h12-13,15H,5-11,18H2,1-4H3. The van der Waals surface area contributed by atoms with Crippen molar-refractivity contribution < 1.29 is 0 Å². The predicted molar refractivity (Wildman–Crippen MR) is 81.3 cm³/mol. The Kier molecular flexibility index (Phi) is 5.98. The fraction of sp³-hybridized carbons (Fsp3) is 0.765. The third-order valence-corrected chi connectivity index (χ3v) is 3.69. The van der Waals surface area contributed by atoms with Crippen molar-refractivity contribution in [1.29, 1.82) is 0 Å². The normalized spacial score (nSPS) is 20.6. The Labute approximate surface area is 114 Å². The first-order valence-corrected chi connectivity index (χ1v) is 7.57. The van der Waals surface area contributed by atoms with Gasteiger partial charge in [-0.15, -0.1) is 0 Å². The van der Waals surface area contributed by atoms with Crippen LogP contribution < -0.4 is 5.73 Å². The van der Waals surface area contributed by atoms with E-state index >= 15 is 0 Å². The Morgan fingerprint density at radius 3 is 2.61 bits per heavy atom. The van der Waals surface area contributed by atoms with Gasteiger partial charge in [-0.3, -0.25) is 0 Å². The van der Waals surface area contributed by atoms with Gasteiger partial charge in [0.25, 0.3) is 0 Å². The van der Waals surface area contributed by atoms with Gasteiger partial charge >= 0.3 is 0 Å². The number of hydrogen-bond donors (Lipinski definition) is 1. The van der Waals surface area contributed by atoms with Crippen molar-refractivity contribution in [1.82, 2.24) is 0 Å². The molecule has 0 bridgehead atoms. The molecule has 0 saturated carbocycles. The van der Waals surface area contributed by atoms with Crippen LogP contribution in [0.25, 0.3) is 0 Å². The summed E-state index contributed by atoms with van der Waals surface area (Å²) in [6.07, 6.45) is 13.5. The molecule has 1 nitrogen and oxygen atoms in total. The van der Waals surface area contributed by atoms with E-state index < -0.39 is 0 Å². The molecule has 0 aromatic rings. The fourth-order valence-corrected chi connectivity index (χ4v) is 2.59. The lowest BCUT2D eigenvalue weighted by Gasteiger charge is -2.24. The minimum absolute atomic E-state index is 0.437. The Bertz CT molecular complexity index is 304. The van der Waals surface area contributed by atoms with Crippen LogP contribution in [0.1, 0.15) is 72.6 Å². The topological polar surface area (TPSA) is 26.0 Å². The minimum Gasteiger partial charge on any atom is -0.399 e. The largest absolute Gasteiger partial charge is 0.399 e. The van der Waals surface area contributed by atoms with Crippen LogP contribution in [0.3, 0.4) is 0 Å². The third-order valence-electron chi connectivity index (χ3n) is 3.69. The van der Waals surface area contributed by atoms with E-state index in [0.717, 1.165) is 5.70 Å². The van der Waals surface area contributed by atoms with Crippen molar-refractivity contribution in [3.05, 3.63) is 23.4 Å². The second-order valence-corrected chi connectivity index (χ2v) is 6.99. The van der Waals surface area contributed by atoms with Gasteiger partial charge < -0.3 is 5.73 Å². The number of nitrogens with two attached hydrogens (primary N) is 1. The molecule has 104 valence electrons. The smallest absolute Gasteiger partial charge is 0.0275 e. The Morgan fingerprint density at radius 1 is 1.28 bits per heavy atom. The summed E-state index contributed by atoms with van der Waals surface area (Å²) in [5.74, 6) is 0.672. The van der Waals surface area contributed by atoms with Gasteiger partial charge in [0.15, 0.2) is 0 Å². The van der Waals surface area contributed by atoms with Crippen molar-refractivity contribution >= 4 is 0 Å². The second-order valence-electron chi connectivity index (χ2n) is 6.99. The monoisotopic (exact) mass is 249 g/mol. The molecule has 0 aliphatic heterocycles. The molecule has 1 atom stereocenters. The summed E-state index contributed by atoms with van der Waals surface area (Å²) in [6.45, 7) is 9.22. The molecule has 0 heterocycles. The lowest BCUT2D eigenvalue weighted by molar-refractivity contribution is 0.338. The Morgan fingerprint density at radius 2 is 2.00 bits per heavy atom. The first kappa shape index (κ1) is 15.3. The van der Waals surface area contributed by atoms with Crippen LogP contribution >= 0.6 is 0 Å². The van der Waals surface area contributed by atoms with Crippen molar-refractivity contribution in [3.63, 3.8) is 0 Å². The third kappa shape index (κ3) is 6.28. The van der Waals surface area contributed by atoms with E-state index in [0.29, 0.717) is 11.3 Å². The van der Waals surface area contributed by atoms with Gasteiger partial charge in [-0.2, -0.15) is 0 Å². The zero-order valence-electron chi connectivity index (χ0n) is 12.8. The number of allylic oxidation sites excluding steroid dienone is 3. The van der Waals surface area contributed by atoms with Crippen LogP contribution in [-0.4, -0.2) is 0 Å². The summed E-state index contributed by atoms with van der Waals surface area (Å²) in [5.41, 5.74) is 9.04. The molecule has 0 fully saturated rings. The molecule has 18 heavy (non-hydrogen) atoms. The van der Waals surface area contributed by atoms with Gasteiger partial charge in [-0.25, -0.2) is 0 Å². The molecule has 2 N–H and O–H groups in total. The van der Waals surface area contributed by atoms with Crippen molar-refractivity contribution in [2.75, 3.05) is 0 Å². The molecule has 0 aromatic heterocycles. The average Bonchev–Trinajstić information content (AvgIpc) is 2.25. The van der Waals surface area contributed by atoms with Crippen LogP contribution in [0.15, 0.2) is 23.4 Å². The zero-order chi connectivity index (χ0) is 13.6. The zero-order valence-corrected chi connectivity index (χ0v) is 12.8. The summed E-state index contributed by atoms with van der Waals surface area (Å²) in [6, 6.07) is 0. The SMILES string of the molecule is CCCCCC1=CC(N)=CC(CCC(C)(C)C)C1. The van der Waals surface area contributed by atoms with Crippen molar-refractivity contribution in [3.8, 4) is 0 Å². The van der Waals surface area contributed by atoms with E-state index in [-0.39, 0.29) is 0 Å². The van der Waals surface area contributed by atoms with Crippen molar-refractivity contribution in [2.24, 2.45) is 17.1 Å². The lowest BCUT2D eigenvalue weighted by atomic mass is 9.82. The lowest BCUT2D eigenvalue weighted by Crippen LogP contribution is -2.13. The Hall–Kier alpha value is -0.720. The van der Waals surface area contributed by atoms with E-state index in [2.05, 4.69) is 39.8 Å². The quantitative estimate of drug-likeness (QED) is 0.645. The van der Waals surface area contributed by atoms with Gasteiger partial charge in [-0.05, 0) is 49.5 Å². The van der Waals surface area contributed by atoms with Crippen LogP contribution in [0.4, 0.5) is 0 Å². The molecule has 0 radical (unpaired) electrons. The molecular weight excluding hydrogens is 218 g/mol. The maximum Gasteiger partial charge on any atom is 0.0275 e. The average molecular weight is 249 g/mol. The molecule has 0 spiro atoms. The fourth-order valence-electron chi connectivity index (χ4n) is 2.59. The first-order chi connectivity index (χ1) is 8.40. The highest BCUT2D eigenvalue weighted by atomic mass is 14.6. The van der Waals surface area contributed by atoms with Gasteiger partial charge in [0.1, 0.15) is 0 Å².